The molecule has 1 saturated heterocycles. The Labute approximate surface area is 237 Å². The van der Waals surface area contributed by atoms with Gasteiger partial charge in [0.1, 0.15) is 5.60 Å². The fraction of sp³-hybridized carbons (Fsp3) is 0.562. The maximum Gasteiger partial charge on any atom is 0.426 e. The zero-order valence-corrected chi connectivity index (χ0v) is 23.4. The molecule has 1 amide bonds. The van der Waals surface area contributed by atoms with Crippen molar-refractivity contribution in [1.82, 2.24) is 4.90 Å². The van der Waals surface area contributed by atoms with Crippen molar-refractivity contribution in [3.05, 3.63) is 70.3 Å². The average Bonchev–Trinajstić information content (AvgIpc) is 3.31. The Morgan fingerprint density at radius 3 is 2.20 bits per heavy atom. The van der Waals surface area contributed by atoms with Crippen molar-refractivity contribution in [2.24, 2.45) is 5.92 Å². The maximum absolute atomic E-state index is 14.9. The highest BCUT2D eigenvalue weighted by atomic mass is 19.4. The van der Waals surface area contributed by atoms with Crippen molar-refractivity contribution in [1.29, 1.82) is 0 Å². The summed E-state index contributed by atoms with van der Waals surface area (Å²) in [7, 11) is 0. The minimum Gasteiger partial charge on any atom is -0.481 e. The van der Waals surface area contributed by atoms with Crippen LogP contribution in [0.15, 0.2) is 42.5 Å². The molecular formula is C32H37F4NO4. The van der Waals surface area contributed by atoms with Gasteiger partial charge in [0.25, 0.3) is 5.91 Å². The number of amides is 1. The number of rotatable bonds is 6. The van der Waals surface area contributed by atoms with E-state index in [0.29, 0.717) is 44.7 Å². The average molecular weight is 576 g/mol. The summed E-state index contributed by atoms with van der Waals surface area (Å²) in [5.41, 5.74) is -2.48. The summed E-state index contributed by atoms with van der Waals surface area (Å²) >= 11 is 0. The highest BCUT2D eigenvalue weighted by Gasteiger charge is 2.57. The first-order valence-corrected chi connectivity index (χ1v) is 14.5. The number of benzene rings is 2. The minimum atomic E-state index is -5.05. The molecule has 0 aromatic heterocycles. The molecule has 41 heavy (non-hydrogen) atoms. The molecule has 222 valence electrons. The molecule has 2 aliphatic carbocycles. The molecule has 2 aromatic rings. The van der Waals surface area contributed by atoms with Gasteiger partial charge in [-0.15, -0.1) is 0 Å². The smallest absolute Gasteiger partial charge is 0.426 e. The first kappa shape index (κ1) is 29.5. The predicted molar refractivity (Wildman–Crippen MR) is 145 cm³/mol. The van der Waals surface area contributed by atoms with Crippen LogP contribution in [-0.2, 0) is 39.9 Å². The second-order valence-corrected chi connectivity index (χ2v) is 12.3. The SMILES string of the molecule is CCc1ccc(CC23CCN(C(=O)[C@]4(O)CC[C@@H](C(=O)O)CC4)C2CCc2cc(C(C)(F)C(F)(F)F)ccc23)cc1. The number of halogens is 4. The van der Waals surface area contributed by atoms with E-state index in [1.165, 1.54) is 17.7 Å². The number of alkyl halides is 4. The molecule has 0 radical (unpaired) electrons. The lowest BCUT2D eigenvalue weighted by molar-refractivity contribution is -0.228. The topological polar surface area (TPSA) is 77.8 Å². The minimum absolute atomic E-state index is 0.0734. The number of hydrogen-bond acceptors (Lipinski definition) is 3. The number of aryl methyl sites for hydroxylation is 2. The summed E-state index contributed by atoms with van der Waals surface area (Å²) in [6.07, 6.45) is -1.65. The van der Waals surface area contributed by atoms with Gasteiger partial charge in [-0.3, -0.25) is 9.59 Å². The van der Waals surface area contributed by atoms with E-state index in [0.717, 1.165) is 17.5 Å². The molecule has 1 aliphatic heterocycles. The van der Waals surface area contributed by atoms with Gasteiger partial charge < -0.3 is 15.1 Å². The van der Waals surface area contributed by atoms with Gasteiger partial charge in [-0.05, 0) is 92.5 Å². The van der Waals surface area contributed by atoms with Crippen LogP contribution in [0.1, 0.15) is 80.2 Å². The number of likely N-dealkylation sites (tertiary alicyclic amines) is 1. The van der Waals surface area contributed by atoms with E-state index < -0.39 is 46.2 Å². The van der Waals surface area contributed by atoms with E-state index >= 15 is 0 Å². The molecule has 2 aromatic carbocycles. The largest absolute Gasteiger partial charge is 0.481 e. The van der Waals surface area contributed by atoms with Gasteiger partial charge in [0, 0.05) is 18.0 Å². The summed E-state index contributed by atoms with van der Waals surface area (Å²) in [5.74, 6) is -1.91. The van der Waals surface area contributed by atoms with Crippen LogP contribution in [0.2, 0.25) is 0 Å². The number of aliphatic carboxylic acids is 1. The zero-order chi connectivity index (χ0) is 29.8. The van der Waals surface area contributed by atoms with Crippen LogP contribution in [0.25, 0.3) is 0 Å². The maximum atomic E-state index is 14.9. The number of carboxylic acids is 1. The number of carbonyl (C=O) groups excluding carboxylic acids is 1. The van der Waals surface area contributed by atoms with Crippen molar-refractivity contribution in [2.45, 2.75) is 101 Å². The number of nitrogens with zero attached hydrogens (tertiary/aromatic N) is 1. The Morgan fingerprint density at radius 2 is 1.61 bits per heavy atom. The Bertz CT molecular complexity index is 1310. The van der Waals surface area contributed by atoms with Crippen LogP contribution in [0.5, 0.6) is 0 Å². The Hall–Kier alpha value is -2.94. The summed E-state index contributed by atoms with van der Waals surface area (Å²) in [5, 5.41) is 20.8. The summed E-state index contributed by atoms with van der Waals surface area (Å²) in [6, 6.07) is 12.1. The van der Waals surface area contributed by atoms with Gasteiger partial charge in [-0.1, -0.05) is 49.4 Å². The second kappa shape index (κ2) is 10.4. The number of carbonyl (C=O) groups is 2. The monoisotopic (exact) mass is 575 g/mol. The van der Waals surface area contributed by atoms with Crippen molar-refractivity contribution in [3.8, 4) is 0 Å². The lowest BCUT2D eigenvalue weighted by atomic mass is 9.63. The third kappa shape index (κ3) is 5.04. The van der Waals surface area contributed by atoms with E-state index in [4.69, 9.17) is 0 Å². The molecule has 5 nitrogen and oxygen atoms in total. The molecule has 1 saturated carbocycles. The van der Waals surface area contributed by atoms with Crippen LogP contribution >= 0.6 is 0 Å². The van der Waals surface area contributed by atoms with E-state index in [9.17, 15) is 37.4 Å². The number of hydrogen-bond donors (Lipinski definition) is 2. The number of fused-ring (bicyclic) bond motifs is 3. The first-order valence-electron chi connectivity index (χ1n) is 14.5. The number of aliphatic hydroxyl groups is 1. The van der Waals surface area contributed by atoms with Gasteiger partial charge in [-0.2, -0.15) is 13.2 Å². The van der Waals surface area contributed by atoms with Crippen LogP contribution in [-0.4, -0.2) is 51.4 Å². The predicted octanol–water partition coefficient (Wildman–Crippen LogP) is 6.03. The fourth-order valence-corrected chi connectivity index (χ4v) is 7.35. The molecule has 9 heteroatoms. The van der Waals surface area contributed by atoms with E-state index in [-0.39, 0.29) is 31.7 Å². The van der Waals surface area contributed by atoms with Crippen LogP contribution in [0.4, 0.5) is 17.6 Å². The Morgan fingerprint density at radius 1 is 0.976 bits per heavy atom. The Kier molecular flexibility index (Phi) is 7.50. The van der Waals surface area contributed by atoms with Crippen molar-refractivity contribution < 1.29 is 37.4 Å². The second-order valence-electron chi connectivity index (χ2n) is 12.3. The molecule has 0 bridgehead atoms. The summed E-state index contributed by atoms with van der Waals surface area (Å²) in [6.45, 7) is 2.97. The molecule has 2 N–H and O–H groups in total. The van der Waals surface area contributed by atoms with E-state index in [1.54, 1.807) is 11.0 Å². The van der Waals surface area contributed by atoms with Gasteiger partial charge in [0.2, 0.25) is 5.67 Å². The highest BCUT2D eigenvalue weighted by molar-refractivity contribution is 5.86. The van der Waals surface area contributed by atoms with Gasteiger partial charge >= 0.3 is 12.1 Å². The standard InChI is InChI=1S/C32H37F4NO4/c1-3-20-4-6-21(7-5-20)19-30-16-17-37(28(40)31(41)14-12-22(13-15-31)27(38)39)26(30)11-8-23-18-24(9-10-25(23)30)29(2,33)32(34,35)36/h4-7,9-10,18,22,26,41H,3,8,11-17,19H2,1-2H3,(H,38,39)/t22-,26?,29?,30?,31+. The van der Waals surface area contributed by atoms with Crippen molar-refractivity contribution >= 4 is 11.9 Å². The fourth-order valence-electron chi connectivity index (χ4n) is 7.35. The Balaban J connectivity index is 1.52. The van der Waals surface area contributed by atoms with Crippen molar-refractivity contribution in [3.63, 3.8) is 0 Å². The molecule has 3 atom stereocenters. The molecule has 5 rings (SSSR count). The first-order chi connectivity index (χ1) is 19.2. The lowest BCUT2D eigenvalue weighted by Crippen LogP contribution is -2.56. The third-order valence-electron chi connectivity index (χ3n) is 9.99. The van der Waals surface area contributed by atoms with Crippen LogP contribution in [0.3, 0.4) is 0 Å². The third-order valence-corrected chi connectivity index (χ3v) is 9.99. The molecular weight excluding hydrogens is 538 g/mol. The lowest BCUT2D eigenvalue weighted by Gasteiger charge is -2.46. The quantitative estimate of drug-likeness (QED) is 0.413. The molecule has 3 unspecified atom stereocenters. The van der Waals surface area contributed by atoms with E-state index in [1.807, 2.05) is 24.3 Å². The molecule has 1 heterocycles. The van der Waals surface area contributed by atoms with Crippen molar-refractivity contribution in [2.75, 3.05) is 6.54 Å². The number of carboxylic acid groups (broad SMARTS) is 1. The summed E-state index contributed by atoms with van der Waals surface area (Å²) in [4.78, 5) is 27.1. The van der Waals surface area contributed by atoms with Gasteiger partial charge in [-0.25, -0.2) is 4.39 Å². The zero-order valence-electron chi connectivity index (χ0n) is 23.4. The van der Waals surface area contributed by atoms with Crippen LogP contribution in [0, 0.1) is 5.92 Å². The molecule has 2 fully saturated rings. The van der Waals surface area contributed by atoms with Gasteiger partial charge in [0.15, 0.2) is 0 Å². The van der Waals surface area contributed by atoms with Gasteiger partial charge in [0.05, 0.1) is 5.92 Å². The highest BCUT2D eigenvalue weighted by Crippen LogP contribution is 2.52. The van der Waals surface area contributed by atoms with E-state index in [2.05, 4.69) is 6.92 Å². The summed E-state index contributed by atoms with van der Waals surface area (Å²) < 4.78 is 55.5. The molecule has 0 spiro atoms. The molecule has 3 aliphatic rings. The normalized spacial score (nSPS) is 29.4. The van der Waals surface area contributed by atoms with Crippen LogP contribution < -0.4 is 0 Å².